The van der Waals surface area contributed by atoms with E-state index in [2.05, 4.69) is 6.92 Å². The van der Waals surface area contributed by atoms with Crippen LogP contribution in [0.25, 0.3) is 38.9 Å². The van der Waals surface area contributed by atoms with Gasteiger partial charge in [0, 0.05) is 18.2 Å². The van der Waals surface area contributed by atoms with Crippen LogP contribution in [0.5, 0.6) is 0 Å². The maximum atomic E-state index is 13.9. The Hall–Kier alpha value is -4.07. The Morgan fingerprint density at radius 1 is 0.944 bits per heavy atom. The molecule has 1 atom stereocenters. The number of para-hydroxylation sites is 2. The molecule has 0 aliphatic carbocycles. The first-order valence-corrected chi connectivity index (χ1v) is 12.5. The van der Waals surface area contributed by atoms with E-state index in [9.17, 15) is 9.59 Å². The lowest BCUT2D eigenvalue weighted by Gasteiger charge is -2.17. The monoisotopic (exact) mass is 483 g/mol. The Kier molecular flexibility index (Phi) is 6.26. The molecular formula is C28H29N5O3. The van der Waals surface area contributed by atoms with Gasteiger partial charge in [0.15, 0.2) is 11.3 Å². The molecule has 8 nitrogen and oxygen atoms in total. The maximum absolute atomic E-state index is 13.9. The van der Waals surface area contributed by atoms with Crippen LogP contribution in [-0.2, 0) is 11.2 Å². The summed E-state index contributed by atoms with van der Waals surface area (Å²) >= 11 is 0. The van der Waals surface area contributed by atoms with E-state index in [1.165, 1.54) is 0 Å². The van der Waals surface area contributed by atoms with Crippen molar-refractivity contribution < 1.29 is 9.53 Å². The number of carbonyl (C=O) groups excluding carboxylic acids is 1. The third-order valence-corrected chi connectivity index (χ3v) is 6.53. The number of carbonyl (C=O) groups is 1. The zero-order valence-corrected chi connectivity index (χ0v) is 21.0. The highest BCUT2D eigenvalue weighted by molar-refractivity contribution is 6.06. The van der Waals surface area contributed by atoms with Gasteiger partial charge in [0.25, 0.3) is 5.56 Å². The van der Waals surface area contributed by atoms with Crippen molar-refractivity contribution in [3.05, 3.63) is 70.3 Å². The van der Waals surface area contributed by atoms with E-state index in [1.807, 2.05) is 61.7 Å². The minimum absolute atomic E-state index is 0.00424. The zero-order chi connectivity index (χ0) is 25.4. The number of benzene rings is 2. The molecule has 184 valence electrons. The van der Waals surface area contributed by atoms with Gasteiger partial charge in [0.05, 0.1) is 23.2 Å². The number of fused-ring (bicyclic) bond motifs is 4. The van der Waals surface area contributed by atoms with Crippen LogP contribution < -0.4 is 5.56 Å². The van der Waals surface area contributed by atoms with Gasteiger partial charge in [0.1, 0.15) is 16.7 Å². The van der Waals surface area contributed by atoms with Gasteiger partial charge in [-0.25, -0.2) is 19.7 Å². The molecule has 3 heterocycles. The number of nitrogens with zero attached hydrogens (tertiary/aromatic N) is 5. The van der Waals surface area contributed by atoms with E-state index in [0.717, 1.165) is 29.9 Å². The summed E-state index contributed by atoms with van der Waals surface area (Å²) in [5, 5.41) is 0.451. The third kappa shape index (κ3) is 3.82. The Balaban J connectivity index is 1.83. The van der Waals surface area contributed by atoms with E-state index in [1.54, 1.807) is 16.7 Å². The van der Waals surface area contributed by atoms with Gasteiger partial charge >= 0.3 is 5.97 Å². The van der Waals surface area contributed by atoms with E-state index < -0.39 is 0 Å². The number of aryl methyl sites for hydroxylation is 1. The summed E-state index contributed by atoms with van der Waals surface area (Å²) in [7, 11) is 0. The SMILES string of the molecule is CCCOC(=O)c1ccc(-n2c3nc4ccccc4nc3c3c(=O)n(C(C)CC)c(CC)nc32)cc1. The van der Waals surface area contributed by atoms with Gasteiger partial charge in [-0.3, -0.25) is 13.9 Å². The van der Waals surface area contributed by atoms with Crippen molar-refractivity contribution >= 4 is 39.2 Å². The number of rotatable bonds is 7. The summed E-state index contributed by atoms with van der Waals surface area (Å²) in [4.78, 5) is 41.0. The lowest BCUT2D eigenvalue weighted by molar-refractivity contribution is 0.0505. The Labute approximate surface area is 208 Å². The molecule has 0 aliphatic heterocycles. The second-order valence-corrected chi connectivity index (χ2v) is 8.92. The van der Waals surface area contributed by atoms with E-state index in [0.29, 0.717) is 46.3 Å². The first-order chi connectivity index (χ1) is 17.5. The van der Waals surface area contributed by atoms with Crippen molar-refractivity contribution in [2.75, 3.05) is 6.61 Å². The smallest absolute Gasteiger partial charge is 0.338 e. The van der Waals surface area contributed by atoms with Gasteiger partial charge in [-0.1, -0.05) is 32.9 Å². The summed E-state index contributed by atoms with van der Waals surface area (Å²) in [5.41, 5.74) is 4.12. The first kappa shape index (κ1) is 23.7. The van der Waals surface area contributed by atoms with Crippen LogP contribution in [0.4, 0.5) is 0 Å². The largest absolute Gasteiger partial charge is 0.462 e. The van der Waals surface area contributed by atoms with Crippen LogP contribution in [0.2, 0.25) is 0 Å². The lowest BCUT2D eigenvalue weighted by Crippen LogP contribution is -2.28. The molecule has 0 bridgehead atoms. The number of hydrogen-bond donors (Lipinski definition) is 0. The van der Waals surface area contributed by atoms with Crippen molar-refractivity contribution in [3.8, 4) is 5.69 Å². The number of ether oxygens (including phenoxy) is 1. The predicted octanol–water partition coefficient (Wildman–Crippen LogP) is 5.38. The summed E-state index contributed by atoms with van der Waals surface area (Å²) in [6, 6.07) is 14.7. The van der Waals surface area contributed by atoms with E-state index in [4.69, 9.17) is 19.7 Å². The molecule has 2 aromatic carbocycles. The summed E-state index contributed by atoms with van der Waals surface area (Å²) in [6.07, 6.45) is 2.18. The molecule has 0 amide bonds. The van der Waals surface area contributed by atoms with Crippen LogP contribution in [-0.4, -0.2) is 36.7 Å². The topological polar surface area (TPSA) is 91.9 Å². The number of aromatic nitrogens is 5. The van der Waals surface area contributed by atoms with Crippen LogP contribution in [0.1, 0.15) is 62.8 Å². The molecule has 0 fully saturated rings. The average molecular weight is 484 g/mol. The summed E-state index contributed by atoms with van der Waals surface area (Å²) < 4.78 is 8.92. The van der Waals surface area contributed by atoms with E-state index in [-0.39, 0.29) is 17.6 Å². The Bertz CT molecular complexity index is 1650. The summed E-state index contributed by atoms with van der Waals surface area (Å²) in [6.45, 7) is 8.43. The molecule has 3 aromatic heterocycles. The van der Waals surface area contributed by atoms with Crippen molar-refractivity contribution in [2.24, 2.45) is 0 Å². The van der Waals surface area contributed by atoms with Gasteiger partial charge in [-0.05, 0) is 56.2 Å². The maximum Gasteiger partial charge on any atom is 0.338 e. The highest BCUT2D eigenvalue weighted by Gasteiger charge is 2.24. The molecule has 0 N–H and O–H groups in total. The van der Waals surface area contributed by atoms with Crippen LogP contribution in [0.3, 0.4) is 0 Å². The van der Waals surface area contributed by atoms with Gasteiger partial charge in [-0.2, -0.15) is 0 Å². The third-order valence-electron chi connectivity index (χ3n) is 6.53. The molecule has 0 aliphatic rings. The Morgan fingerprint density at radius 3 is 2.28 bits per heavy atom. The Morgan fingerprint density at radius 2 is 1.64 bits per heavy atom. The minimum atomic E-state index is -0.362. The molecule has 5 aromatic rings. The number of esters is 1. The van der Waals surface area contributed by atoms with Gasteiger partial charge in [-0.15, -0.1) is 0 Å². The zero-order valence-electron chi connectivity index (χ0n) is 21.0. The van der Waals surface area contributed by atoms with Crippen molar-refractivity contribution in [3.63, 3.8) is 0 Å². The highest BCUT2D eigenvalue weighted by atomic mass is 16.5. The molecule has 0 saturated heterocycles. The molecule has 36 heavy (non-hydrogen) atoms. The molecule has 0 spiro atoms. The fraction of sp³-hybridized carbons (Fsp3) is 0.321. The highest BCUT2D eigenvalue weighted by Crippen LogP contribution is 2.29. The second kappa shape index (κ2) is 9.53. The fourth-order valence-electron chi connectivity index (χ4n) is 4.50. The molecule has 8 heteroatoms. The molecule has 1 unspecified atom stereocenters. The predicted molar refractivity (Wildman–Crippen MR) is 141 cm³/mol. The van der Waals surface area contributed by atoms with Crippen molar-refractivity contribution in [2.45, 2.75) is 53.0 Å². The van der Waals surface area contributed by atoms with Crippen molar-refractivity contribution in [1.82, 2.24) is 24.1 Å². The molecular weight excluding hydrogens is 454 g/mol. The molecule has 0 radical (unpaired) electrons. The van der Waals surface area contributed by atoms with Crippen LogP contribution in [0.15, 0.2) is 53.3 Å². The quantitative estimate of drug-likeness (QED) is 0.289. The summed E-state index contributed by atoms with van der Waals surface area (Å²) in [5.74, 6) is 0.356. The van der Waals surface area contributed by atoms with E-state index >= 15 is 0 Å². The molecule has 5 rings (SSSR count). The number of hydrogen-bond acceptors (Lipinski definition) is 6. The van der Waals surface area contributed by atoms with Gasteiger partial charge in [0.2, 0.25) is 0 Å². The van der Waals surface area contributed by atoms with Crippen LogP contribution in [0, 0.1) is 0 Å². The molecule has 0 saturated carbocycles. The first-order valence-electron chi connectivity index (χ1n) is 12.5. The van der Waals surface area contributed by atoms with Gasteiger partial charge < -0.3 is 4.74 Å². The normalized spacial score (nSPS) is 12.4. The van der Waals surface area contributed by atoms with Crippen LogP contribution >= 0.6 is 0 Å². The second-order valence-electron chi connectivity index (χ2n) is 8.92. The minimum Gasteiger partial charge on any atom is -0.462 e. The lowest BCUT2D eigenvalue weighted by atomic mass is 10.2. The standard InChI is InChI=1S/C28H29N5O3/c1-5-16-36-28(35)18-12-14-19(15-13-18)33-25-23(27(34)32(17(4)6-2)22(7-3)31-25)24-26(33)30-21-11-9-8-10-20(21)29-24/h8-15,17H,5-7,16H2,1-4H3. The van der Waals surface area contributed by atoms with Crippen molar-refractivity contribution in [1.29, 1.82) is 0 Å². The average Bonchev–Trinajstić information content (AvgIpc) is 3.22. The fourth-order valence-corrected chi connectivity index (χ4v) is 4.50.